The fraction of sp³-hybridized carbons (Fsp3) is 0.182. The van der Waals surface area contributed by atoms with Crippen LogP contribution in [0.3, 0.4) is 0 Å². The summed E-state index contributed by atoms with van der Waals surface area (Å²) in [6.07, 6.45) is 1.81. The third-order valence-electron chi connectivity index (χ3n) is 4.35. The van der Waals surface area contributed by atoms with Gasteiger partial charge < -0.3 is 5.32 Å². The standard InChI is InChI=1S/C22H22N2O/c1-15-4-6-18(7-5-15)17(3)22(25)24-21-10-8-19(9-11-21)20-12-13-23-16(2)14-20/h4-14,17H,1-3H3,(H,24,25). The van der Waals surface area contributed by atoms with Crippen LogP contribution in [0.25, 0.3) is 11.1 Å². The molecule has 1 atom stereocenters. The largest absolute Gasteiger partial charge is 0.326 e. The van der Waals surface area contributed by atoms with E-state index in [0.29, 0.717) is 0 Å². The Morgan fingerprint density at radius 3 is 2.24 bits per heavy atom. The van der Waals surface area contributed by atoms with Crippen molar-refractivity contribution in [3.63, 3.8) is 0 Å². The molecule has 1 amide bonds. The summed E-state index contributed by atoms with van der Waals surface area (Å²) < 4.78 is 0. The van der Waals surface area contributed by atoms with E-state index in [-0.39, 0.29) is 11.8 Å². The molecule has 126 valence electrons. The zero-order valence-electron chi connectivity index (χ0n) is 14.8. The number of pyridine rings is 1. The van der Waals surface area contributed by atoms with Crippen molar-refractivity contribution in [1.82, 2.24) is 4.98 Å². The lowest BCUT2D eigenvalue weighted by Crippen LogP contribution is -2.18. The molecule has 1 N–H and O–H groups in total. The number of aryl methyl sites for hydroxylation is 2. The van der Waals surface area contributed by atoms with E-state index in [1.165, 1.54) is 5.56 Å². The topological polar surface area (TPSA) is 42.0 Å². The second kappa shape index (κ2) is 7.31. The normalized spacial score (nSPS) is 11.8. The highest BCUT2D eigenvalue weighted by atomic mass is 16.1. The Morgan fingerprint density at radius 1 is 0.920 bits per heavy atom. The molecule has 3 nitrogen and oxygen atoms in total. The summed E-state index contributed by atoms with van der Waals surface area (Å²) in [6, 6.07) is 20.0. The molecule has 0 bridgehead atoms. The fourth-order valence-corrected chi connectivity index (χ4v) is 2.73. The molecule has 3 heteroatoms. The van der Waals surface area contributed by atoms with Crippen molar-refractivity contribution in [1.29, 1.82) is 0 Å². The summed E-state index contributed by atoms with van der Waals surface area (Å²) in [5.41, 5.74) is 6.24. The van der Waals surface area contributed by atoms with Crippen molar-refractivity contribution in [3.05, 3.63) is 83.7 Å². The van der Waals surface area contributed by atoms with Gasteiger partial charge in [0.1, 0.15) is 0 Å². The molecule has 1 unspecified atom stereocenters. The number of nitrogens with zero attached hydrogens (tertiary/aromatic N) is 1. The van der Waals surface area contributed by atoms with Gasteiger partial charge in [0.2, 0.25) is 5.91 Å². The zero-order chi connectivity index (χ0) is 17.8. The number of hydrogen-bond donors (Lipinski definition) is 1. The first-order valence-corrected chi connectivity index (χ1v) is 8.43. The van der Waals surface area contributed by atoms with Gasteiger partial charge in [0.25, 0.3) is 0 Å². The molecule has 1 heterocycles. The van der Waals surface area contributed by atoms with Crippen molar-refractivity contribution in [2.75, 3.05) is 5.32 Å². The number of anilines is 1. The maximum absolute atomic E-state index is 12.5. The Balaban J connectivity index is 1.70. The number of amides is 1. The van der Waals surface area contributed by atoms with Crippen molar-refractivity contribution >= 4 is 11.6 Å². The lowest BCUT2D eigenvalue weighted by atomic mass is 9.99. The molecular weight excluding hydrogens is 308 g/mol. The first kappa shape index (κ1) is 16.9. The van der Waals surface area contributed by atoms with Gasteiger partial charge in [-0.15, -0.1) is 0 Å². The summed E-state index contributed by atoms with van der Waals surface area (Å²) in [5.74, 6) is -0.195. The van der Waals surface area contributed by atoms with Crippen LogP contribution in [0.1, 0.15) is 29.7 Å². The Kier molecular flexibility index (Phi) is 4.94. The van der Waals surface area contributed by atoms with Crippen molar-refractivity contribution in [3.8, 4) is 11.1 Å². The number of rotatable bonds is 4. The minimum absolute atomic E-state index is 0.00337. The van der Waals surface area contributed by atoms with Crippen molar-refractivity contribution in [2.24, 2.45) is 0 Å². The molecule has 0 radical (unpaired) electrons. The highest BCUT2D eigenvalue weighted by molar-refractivity contribution is 5.95. The lowest BCUT2D eigenvalue weighted by Gasteiger charge is -2.13. The van der Waals surface area contributed by atoms with Gasteiger partial charge in [-0.05, 0) is 61.7 Å². The van der Waals surface area contributed by atoms with Crippen LogP contribution in [0.2, 0.25) is 0 Å². The SMILES string of the molecule is Cc1ccc(C(C)C(=O)Nc2ccc(-c3ccnc(C)c3)cc2)cc1. The zero-order valence-corrected chi connectivity index (χ0v) is 14.8. The minimum atomic E-state index is -0.192. The van der Waals surface area contributed by atoms with E-state index in [4.69, 9.17) is 0 Å². The van der Waals surface area contributed by atoms with Crippen LogP contribution >= 0.6 is 0 Å². The van der Waals surface area contributed by atoms with Crippen LogP contribution in [0.4, 0.5) is 5.69 Å². The van der Waals surface area contributed by atoms with Crippen LogP contribution in [0.15, 0.2) is 66.9 Å². The van der Waals surface area contributed by atoms with Crippen LogP contribution in [-0.4, -0.2) is 10.9 Å². The Labute approximate surface area is 148 Å². The summed E-state index contributed by atoms with van der Waals surface area (Å²) in [4.78, 5) is 16.7. The fourth-order valence-electron chi connectivity index (χ4n) is 2.73. The van der Waals surface area contributed by atoms with Gasteiger partial charge in [-0.25, -0.2) is 0 Å². The summed E-state index contributed by atoms with van der Waals surface area (Å²) in [6.45, 7) is 5.94. The Morgan fingerprint density at radius 2 is 1.60 bits per heavy atom. The minimum Gasteiger partial charge on any atom is -0.326 e. The third kappa shape index (κ3) is 4.13. The average molecular weight is 330 g/mol. The molecule has 0 saturated heterocycles. The number of benzene rings is 2. The molecule has 0 aliphatic heterocycles. The second-order valence-corrected chi connectivity index (χ2v) is 6.38. The van der Waals surface area contributed by atoms with Crippen molar-refractivity contribution < 1.29 is 4.79 Å². The average Bonchev–Trinajstić information content (AvgIpc) is 2.62. The number of carbonyl (C=O) groups excluding carboxylic acids is 1. The Bertz CT molecular complexity index is 867. The molecule has 3 aromatic rings. The van der Waals surface area contributed by atoms with E-state index in [9.17, 15) is 4.79 Å². The molecule has 0 aliphatic carbocycles. The summed E-state index contributed by atoms with van der Waals surface area (Å²) in [7, 11) is 0. The predicted octanol–water partition coefficient (Wildman–Crippen LogP) is 5.11. The molecule has 0 spiro atoms. The van der Waals surface area contributed by atoms with Crippen LogP contribution in [0, 0.1) is 13.8 Å². The highest BCUT2D eigenvalue weighted by Crippen LogP contribution is 2.23. The molecule has 25 heavy (non-hydrogen) atoms. The number of carbonyl (C=O) groups is 1. The maximum atomic E-state index is 12.5. The number of nitrogens with one attached hydrogen (secondary N) is 1. The van der Waals surface area contributed by atoms with Crippen LogP contribution in [-0.2, 0) is 4.79 Å². The maximum Gasteiger partial charge on any atom is 0.231 e. The molecule has 3 rings (SSSR count). The van der Waals surface area contributed by atoms with E-state index in [1.54, 1.807) is 0 Å². The van der Waals surface area contributed by atoms with Crippen LogP contribution in [0.5, 0.6) is 0 Å². The Hall–Kier alpha value is -2.94. The molecule has 0 aliphatic rings. The predicted molar refractivity (Wildman–Crippen MR) is 103 cm³/mol. The van der Waals surface area contributed by atoms with Gasteiger partial charge in [-0.2, -0.15) is 0 Å². The van der Waals surface area contributed by atoms with Gasteiger partial charge in [-0.1, -0.05) is 42.0 Å². The van der Waals surface area contributed by atoms with Gasteiger partial charge in [-0.3, -0.25) is 9.78 Å². The van der Waals surface area contributed by atoms with Gasteiger partial charge in [0.15, 0.2) is 0 Å². The lowest BCUT2D eigenvalue weighted by molar-refractivity contribution is -0.117. The van der Waals surface area contributed by atoms with Crippen molar-refractivity contribution in [2.45, 2.75) is 26.7 Å². The highest BCUT2D eigenvalue weighted by Gasteiger charge is 2.15. The van der Waals surface area contributed by atoms with E-state index < -0.39 is 0 Å². The van der Waals surface area contributed by atoms with E-state index in [1.807, 2.05) is 87.6 Å². The monoisotopic (exact) mass is 330 g/mol. The summed E-state index contributed by atoms with van der Waals surface area (Å²) in [5, 5.41) is 2.99. The van der Waals surface area contributed by atoms with E-state index >= 15 is 0 Å². The molecule has 2 aromatic carbocycles. The molecule has 0 saturated carbocycles. The quantitative estimate of drug-likeness (QED) is 0.722. The summed E-state index contributed by atoms with van der Waals surface area (Å²) >= 11 is 0. The van der Waals surface area contributed by atoms with Gasteiger partial charge in [0, 0.05) is 17.6 Å². The van der Waals surface area contributed by atoms with Gasteiger partial charge in [0.05, 0.1) is 5.92 Å². The molecule has 0 fully saturated rings. The smallest absolute Gasteiger partial charge is 0.231 e. The molecular formula is C22H22N2O. The first-order chi connectivity index (χ1) is 12.0. The van der Waals surface area contributed by atoms with Gasteiger partial charge >= 0.3 is 0 Å². The number of aromatic nitrogens is 1. The second-order valence-electron chi connectivity index (χ2n) is 6.38. The number of hydrogen-bond acceptors (Lipinski definition) is 2. The van der Waals surface area contributed by atoms with E-state index in [0.717, 1.165) is 28.1 Å². The van der Waals surface area contributed by atoms with Crippen LogP contribution < -0.4 is 5.32 Å². The van der Waals surface area contributed by atoms with E-state index in [2.05, 4.69) is 10.3 Å². The first-order valence-electron chi connectivity index (χ1n) is 8.43. The molecule has 1 aromatic heterocycles. The third-order valence-corrected chi connectivity index (χ3v) is 4.35.